The van der Waals surface area contributed by atoms with Crippen LogP contribution >= 0.6 is 0 Å². The Bertz CT molecular complexity index is 393. The molecule has 4 heteroatoms. The van der Waals surface area contributed by atoms with E-state index in [0.717, 1.165) is 12.8 Å². The van der Waals surface area contributed by atoms with E-state index in [-0.39, 0.29) is 23.6 Å². The first-order valence-electron chi connectivity index (χ1n) is 6.31. The number of hydrogen-bond donors (Lipinski definition) is 2. The van der Waals surface area contributed by atoms with Gasteiger partial charge in [0.05, 0.1) is 0 Å². The van der Waals surface area contributed by atoms with Crippen LogP contribution in [-0.2, 0) is 4.79 Å². The van der Waals surface area contributed by atoms with E-state index >= 15 is 0 Å². The second kappa shape index (κ2) is 7.11. The van der Waals surface area contributed by atoms with E-state index in [1.54, 1.807) is 12.1 Å². The molecule has 3 nitrogen and oxygen atoms in total. The van der Waals surface area contributed by atoms with Crippen molar-refractivity contribution in [1.29, 1.82) is 0 Å². The number of rotatable bonds is 6. The van der Waals surface area contributed by atoms with Crippen LogP contribution in [0.3, 0.4) is 0 Å². The lowest BCUT2D eigenvalue weighted by molar-refractivity contribution is -0.121. The van der Waals surface area contributed by atoms with Gasteiger partial charge in [-0.05, 0) is 43.5 Å². The van der Waals surface area contributed by atoms with Gasteiger partial charge >= 0.3 is 0 Å². The molecule has 100 valence electrons. The van der Waals surface area contributed by atoms with Gasteiger partial charge in [0, 0.05) is 11.6 Å². The number of halogens is 1. The Kier molecular flexibility index (Phi) is 5.78. The predicted octanol–water partition coefficient (Wildman–Crippen LogP) is 2.78. The van der Waals surface area contributed by atoms with Crippen LogP contribution in [0.1, 0.15) is 26.7 Å². The summed E-state index contributed by atoms with van der Waals surface area (Å²) in [7, 11) is 0. The Hall–Kier alpha value is -1.42. The third-order valence-electron chi connectivity index (χ3n) is 2.95. The first-order chi connectivity index (χ1) is 8.54. The number of anilines is 1. The van der Waals surface area contributed by atoms with Gasteiger partial charge in [-0.3, -0.25) is 4.79 Å². The van der Waals surface area contributed by atoms with E-state index in [2.05, 4.69) is 5.32 Å². The van der Waals surface area contributed by atoms with Crippen molar-refractivity contribution in [3.8, 4) is 0 Å². The Morgan fingerprint density at radius 1 is 1.44 bits per heavy atom. The van der Waals surface area contributed by atoms with Gasteiger partial charge in [0.1, 0.15) is 5.82 Å². The molecule has 1 aromatic carbocycles. The highest BCUT2D eigenvalue weighted by molar-refractivity contribution is 5.92. The Morgan fingerprint density at radius 2 is 2.17 bits per heavy atom. The highest BCUT2D eigenvalue weighted by Crippen LogP contribution is 2.20. The lowest BCUT2D eigenvalue weighted by atomic mass is 9.90. The third kappa shape index (κ3) is 4.45. The van der Waals surface area contributed by atoms with Crippen LogP contribution in [0.2, 0.25) is 0 Å². The van der Waals surface area contributed by atoms with Crippen molar-refractivity contribution in [2.24, 2.45) is 17.6 Å². The van der Waals surface area contributed by atoms with Gasteiger partial charge in [-0.15, -0.1) is 0 Å². The minimum Gasteiger partial charge on any atom is -0.330 e. The summed E-state index contributed by atoms with van der Waals surface area (Å²) in [6.45, 7) is 4.59. The maximum absolute atomic E-state index is 13.0. The number of nitrogens with two attached hydrogens (primary N) is 1. The lowest BCUT2D eigenvalue weighted by Crippen LogP contribution is -2.27. The summed E-state index contributed by atoms with van der Waals surface area (Å²) in [6, 6.07) is 5.93. The molecule has 0 spiro atoms. The molecule has 1 aromatic rings. The Balaban J connectivity index is 2.66. The summed E-state index contributed by atoms with van der Waals surface area (Å²) < 4.78 is 13.0. The molecule has 0 aliphatic rings. The van der Waals surface area contributed by atoms with Gasteiger partial charge in [0.15, 0.2) is 0 Å². The maximum atomic E-state index is 13.0. The molecular formula is C14H21FN2O. The Morgan fingerprint density at radius 3 is 2.72 bits per heavy atom. The molecule has 1 atom stereocenters. The fourth-order valence-corrected chi connectivity index (χ4v) is 1.91. The molecule has 3 N–H and O–H groups in total. The van der Waals surface area contributed by atoms with Gasteiger partial charge in [-0.25, -0.2) is 4.39 Å². The molecule has 1 rings (SSSR count). The number of benzene rings is 1. The largest absolute Gasteiger partial charge is 0.330 e. The maximum Gasteiger partial charge on any atom is 0.227 e. The van der Waals surface area contributed by atoms with Crippen molar-refractivity contribution in [3.05, 3.63) is 30.1 Å². The molecule has 18 heavy (non-hydrogen) atoms. The van der Waals surface area contributed by atoms with Crippen LogP contribution in [0, 0.1) is 17.7 Å². The minimum atomic E-state index is -0.351. The number of nitrogens with one attached hydrogen (secondary N) is 1. The fraction of sp³-hybridized carbons (Fsp3) is 0.500. The summed E-state index contributed by atoms with van der Waals surface area (Å²) in [5, 5.41) is 2.75. The van der Waals surface area contributed by atoms with Crippen LogP contribution in [0.4, 0.5) is 10.1 Å². The van der Waals surface area contributed by atoms with Crippen molar-refractivity contribution in [3.63, 3.8) is 0 Å². The van der Waals surface area contributed by atoms with Crippen molar-refractivity contribution in [2.75, 3.05) is 11.9 Å². The quantitative estimate of drug-likeness (QED) is 0.818. The smallest absolute Gasteiger partial charge is 0.227 e. The number of carbonyl (C=O) groups excluding carboxylic acids is 1. The zero-order valence-electron chi connectivity index (χ0n) is 10.9. The SMILES string of the molecule is CC(C)C(CCCN)C(=O)Nc1cccc(F)c1. The van der Waals surface area contributed by atoms with Crippen LogP contribution in [0.15, 0.2) is 24.3 Å². The fourth-order valence-electron chi connectivity index (χ4n) is 1.91. The molecule has 1 amide bonds. The molecule has 0 aliphatic heterocycles. The van der Waals surface area contributed by atoms with Gasteiger partial charge in [-0.2, -0.15) is 0 Å². The highest BCUT2D eigenvalue weighted by Gasteiger charge is 2.21. The van der Waals surface area contributed by atoms with Gasteiger partial charge < -0.3 is 11.1 Å². The molecule has 0 heterocycles. The number of amides is 1. The molecule has 0 saturated heterocycles. The van der Waals surface area contributed by atoms with E-state index in [4.69, 9.17) is 5.73 Å². The summed E-state index contributed by atoms with van der Waals surface area (Å²) in [5.41, 5.74) is 5.97. The van der Waals surface area contributed by atoms with Crippen LogP contribution in [0.25, 0.3) is 0 Å². The molecule has 0 bridgehead atoms. The van der Waals surface area contributed by atoms with E-state index in [0.29, 0.717) is 12.2 Å². The second-order valence-corrected chi connectivity index (χ2v) is 4.78. The van der Waals surface area contributed by atoms with E-state index in [1.165, 1.54) is 12.1 Å². The van der Waals surface area contributed by atoms with Crippen LogP contribution in [-0.4, -0.2) is 12.5 Å². The minimum absolute atomic E-state index is 0.0657. The molecule has 0 aliphatic carbocycles. The second-order valence-electron chi connectivity index (χ2n) is 4.78. The summed E-state index contributed by atoms with van der Waals surface area (Å²) in [4.78, 5) is 12.1. The summed E-state index contributed by atoms with van der Waals surface area (Å²) in [6.07, 6.45) is 1.58. The summed E-state index contributed by atoms with van der Waals surface area (Å²) >= 11 is 0. The molecule has 0 aromatic heterocycles. The van der Waals surface area contributed by atoms with Crippen LogP contribution in [0.5, 0.6) is 0 Å². The van der Waals surface area contributed by atoms with Gasteiger partial charge in [0.2, 0.25) is 5.91 Å². The van der Waals surface area contributed by atoms with Crippen molar-refractivity contribution < 1.29 is 9.18 Å². The molecular weight excluding hydrogens is 231 g/mol. The molecule has 0 saturated carbocycles. The molecule has 0 fully saturated rings. The van der Waals surface area contributed by atoms with Crippen LogP contribution < -0.4 is 11.1 Å². The number of hydrogen-bond acceptors (Lipinski definition) is 2. The van der Waals surface area contributed by atoms with E-state index < -0.39 is 0 Å². The zero-order valence-corrected chi connectivity index (χ0v) is 10.9. The van der Waals surface area contributed by atoms with E-state index in [1.807, 2.05) is 13.8 Å². The predicted molar refractivity (Wildman–Crippen MR) is 71.6 cm³/mol. The molecule has 0 radical (unpaired) electrons. The highest BCUT2D eigenvalue weighted by atomic mass is 19.1. The first-order valence-corrected chi connectivity index (χ1v) is 6.31. The third-order valence-corrected chi connectivity index (χ3v) is 2.95. The Labute approximate surface area is 108 Å². The normalized spacial score (nSPS) is 12.5. The van der Waals surface area contributed by atoms with Gasteiger partial charge in [0.25, 0.3) is 0 Å². The van der Waals surface area contributed by atoms with E-state index in [9.17, 15) is 9.18 Å². The zero-order chi connectivity index (χ0) is 13.5. The standard InChI is InChI=1S/C14H21FN2O/c1-10(2)13(7-4-8-16)14(18)17-12-6-3-5-11(15)9-12/h3,5-6,9-10,13H,4,7-8,16H2,1-2H3,(H,17,18). The average molecular weight is 252 g/mol. The average Bonchev–Trinajstić information content (AvgIpc) is 2.29. The van der Waals surface area contributed by atoms with Crippen molar-refractivity contribution in [1.82, 2.24) is 0 Å². The monoisotopic (exact) mass is 252 g/mol. The van der Waals surface area contributed by atoms with Crippen molar-refractivity contribution >= 4 is 11.6 Å². The lowest BCUT2D eigenvalue weighted by Gasteiger charge is -2.20. The molecule has 1 unspecified atom stereocenters. The first kappa shape index (κ1) is 14.6. The van der Waals surface area contributed by atoms with Crippen molar-refractivity contribution in [2.45, 2.75) is 26.7 Å². The topological polar surface area (TPSA) is 55.1 Å². The van der Waals surface area contributed by atoms with Gasteiger partial charge in [-0.1, -0.05) is 19.9 Å². The summed E-state index contributed by atoms with van der Waals surface area (Å²) in [5.74, 6) is -0.262. The number of carbonyl (C=O) groups is 1.